The van der Waals surface area contributed by atoms with Crippen molar-refractivity contribution < 1.29 is 9.90 Å². The lowest BCUT2D eigenvalue weighted by molar-refractivity contribution is 0.0182. The van der Waals surface area contributed by atoms with Gasteiger partial charge in [-0.3, -0.25) is 4.79 Å². The molecule has 2 fully saturated rings. The molecule has 1 aromatic heterocycles. The lowest BCUT2D eigenvalue weighted by Crippen LogP contribution is -2.42. The number of amides is 1. The Kier molecular flexibility index (Phi) is 4.38. The van der Waals surface area contributed by atoms with E-state index in [-0.39, 0.29) is 17.1 Å². The second-order valence-electron chi connectivity index (χ2n) is 7.79. The standard InChI is InChI=1S/C17H27N5O2/c1-16(6-4-7-16)22-15-19-10-12(13(18)23)14(21-15)20-11-5-3-8-17(2,24)9-11/h10-11,24H,3-9H2,1-2H3,(H2,18,23)(H2,19,20,21,22)/t11-,17?/m1/s1. The smallest absolute Gasteiger partial charge is 0.254 e. The highest BCUT2D eigenvalue weighted by atomic mass is 16.3. The third kappa shape index (κ3) is 3.77. The maximum atomic E-state index is 11.7. The second kappa shape index (κ2) is 6.20. The van der Waals surface area contributed by atoms with E-state index in [4.69, 9.17) is 5.73 Å². The van der Waals surface area contributed by atoms with E-state index in [0.29, 0.717) is 18.2 Å². The van der Waals surface area contributed by atoms with E-state index < -0.39 is 11.5 Å². The van der Waals surface area contributed by atoms with Crippen molar-refractivity contribution in [3.05, 3.63) is 11.8 Å². The van der Waals surface area contributed by atoms with Crippen molar-refractivity contribution in [1.82, 2.24) is 9.97 Å². The van der Waals surface area contributed by atoms with Crippen molar-refractivity contribution in [2.45, 2.75) is 76.0 Å². The predicted molar refractivity (Wildman–Crippen MR) is 92.9 cm³/mol. The molecule has 1 unspecified atom stereocenters. The first kappa shape index (κ1) is 17.0. The molecule has 0 saturated heterocycles. The number of hydrogen-bond donors (Lipinski definition) is 4. The predicted octanol–water partition coefficient (Wildman–Crippen LogP) is 2.04. The number of rotatable bonds is 5. The fraction of sp³-hybridized carbons (Fsp3) is 0.706. The summed E-state index contributed by atoms with van der Waals surface area (Å²) in [6.07, 6.45) is 8.13. The third-order valence-corrected chi connectivity index (χ3v) is 5.22. The summed E-state index contributed by atoms with van der Waals surface area (Å²) in [6, 6.07) is 0.0638. The Hall–Kier alpha value is -1.89. The van der Waals surface area contributed by atoms with Crippen LogP contribution in [0.15, 0.2) is 6.20 Å². The average molecular weight is 333 g/mol. The number of aromatic nitrogens is 2. The number of carbonyl (C=O) groups excluding carboxylic acids is 1. The zero-order chi connectivity index (χ0) is 17.4. The van der Waals surface area contributed by atoms with Crippen LogP contribution < -0.4 is 16.4 Å². The molecule has 7 heteroatoms. The van der Waals surface area contributed by atoms with Crippen LogP contribution in [0.3, 0.4) is 0 Å². The van der Waals surface area contributed by atoms with Crippen molar-refractivity contribution in [1.29, 1.82) is 0 Å². The van der Waals surface area contributed by atoms with E-state index in [1.165, 1.54) is 12.6 Å². The van der Waals surface area contributed by atoms with Crippen LogP contribution in [0.2, 0.25) is 0 Å². The van der Waals surface area contributed by atoms with Gasteiger partial charge in [0.05, 0.1) is 11.2 Å². The fourth-order valence-electron chi connectivity index (χ4n) is 3.62. The highest BCUT2D eigenvalue weighted by Crippen LogP contribution is 2.34. The summed E-state index contributed by atoms with van der Waals surface area (Å²) in [5, 5.41) is 16.9. The third-order valence-electron chi connectivity index (χ3n) is 5.22. The summed E-state index contributed by atoms with van der Waals surface area (Å²) in [4.78, 5) is 20.4. The molecule has 132 valence electrons. The first-order valence-corrected chi connectivity index (χ1v) is 8.70. The quantitative estimate of drug-likeness (QED) is 0.656. The first-order chi connectivity index (χ1) is 11.3. The molecule has 0 aliphatic heterocycles. The number of carbonyl (C=O) groups is 1. The van der Waals surface area contributed by atoms with Crippen LogP contribution in [0.1, 0.15) is 69.2 Å². The highest BCUT2D eigenvalue weighted by Gasteiger charge is 2.33. The zero-order valence-electron chi connectivity index (χ0n) is 14.4. The number of aliphatic hydroxyl groups is 1. The molecule has 0 radical (unpaired) electrons. The molecule has 24 heavy (non-hydrogen) atoms. The molecule has 1 heterocycles. The van der Waals surface area contributed by atoms with Gasteiger partial charge in [-0.05, 0) is 58.8 Å². The van der Waals surface area contributed by atoms with Gasteiger partial charge in [0.25, 0.3) is 5.91 Å². The van der Waals surface area contributed by atoms with Gasteiger partial charge in [-0.15, -0.1) is 0 Å². The van der Waals surface area contributed by atoms with Gasteiger partial charge in [-0.1, -0.05) is 0 Å². The number of primary amides is 1. The molecule has 1 amide bonds. The highest BCUT2D eigenvalue weighted by molar-refractivity contribution is 5.97. The van der Waals surface area contributed by atoms with Gasteiger partial charge < -0.3 is 21.5 Å². The fourth-order valence-corrected chi connectivity index (χ4v) is 3.62. The number of nitrogens with two attached hydrogens (primary N) is 1. The van der Waals surface area contributed by atoms with Gasteiger partial charge in [-0.25, -0.2) is 4.98 Å². The van der Waals surface area contributed by atoms with Gasteiger partial charge in [0, 0.05) is 17.8 Å². The minimum atomic E-state index is -0.684. The van der Waals surface area contributed by atoms with Crippen LogP contribution in [0.25, 0.3) is 0 Å². The van der Waals surface area contributed by atoms with E-state index in [1.807, 2.05) is 6.92 Å². The molecule has 2 aliphatic rings. The van der Waals surface area contributed by atoms with E-state index in [2.05, 4.69) is 27.5 Å². The molecule has 0 bridgehead atoms. The van der Waals surface area contributed by atoms with Crippen LogP contribution in [0, 0.1) is 0 Å². The van der Waals surface area contributed by atoms with Crippen molar-refractivity contribution in [3.8, 4) is 0 Å². The summed E-state index contributed by atoms with van der Waals surface area (Å²) >= 11 is 0. The van der Waals surface area contributed by atoms with Crippen LogP contribution in [-0.2, 0) is 0 Å². The molecule has 2 aliphatic carbocycles. The van der Waals surface area contributed by atoms with Crippen LogP contribution in [0.5, 0.6) is 0 Å². The summed E-state index contributed by atoms with van der Waals surface area (Å²) in [5.74, 6) is 0.402. The molecule has 7 nitrogen and oxygen atoms in total. The van der Waals surface area contributed by atoms with Crippen LogP contribution in [-0.4, -0.2) is 38.2 Å². The Balaban J connectivity index is 1.79. The number of hydrogen-bond acceptors (Lipinski definition) is 6. The Morgan fingerprint density at radius 1 is 1.33 bits per heavy atom. The lowest BCUT2D eigenvalue weighted by atomic mass is 9.79. The van der Waals surface area contributed by atoms with Gasteiger partial charge in [0.2, 0.25) is 5.95 Å². The van der Waals surface area contributed by atoms with Gasteiger partial charge in [0.1, 0.15) is 5.82 Å². The number of nitrogens with one attached hydrogen (secondary N) is 2. The van der Waals surface area contributed by atoms with Gasteiger partial charge in [-0.2, -0.15) is 4.98 Å². The maximum Gasteiger partial charge on any atom is 0.254 e. The van der Waals surface area contributed by atoms with Crippen molar-refractivity contribution in [2.24, 2.45) is 5.73 Å². The molecule has 3 rings (SSSR count). The Morgan fingerprint density at radius 2 is 2.08 bits per heavy atom. The Labute approximate surface area is 142 Å². The average Bonchev–Trinajstić information content (AvgIpc) is 2.44. The number of anilines is 2. The molecule has 0 aromatic carbocycles. The second-order valence-corrected chi connectivity index (χ2v) is 7.79. The van der Waals surface area contributed by atoms with Crippen LogP contribution >= 0.6 is 0 Å². The zero-order valence-corrected chi connectivity index (χ0v) is 14.4. The largest absolute Gasteiger partial charge is 0.390 e. The van der Waals surface area contributed by atoms with Crippen molar-refractivity contribution >= 4 is 17.7 Å². The lowest BCUT2D eigenvalue weighted by Gasteiger charge is -2.39. The van der Waals surface area contributed by atoms with E-state index in [9.17, 15) is 9.90 Å². The molecule has 5 N–H and O–H groups in total. The minimum absolute atomic E-state index is 0.0278. The summed E-state index contributed by atoms with van der Waals surface area (Å²) in [7, 11) is 0. The SMILES string of the molecule is CC1(O)CCC[C@@H](Nc2nc(NC3(C)CCC3)ncc2C(N)=O)C1. The van der Waals surface area contributed by atoms with Gasteiger partial charge >= 0.3 is 0 Å². The molecule has 2 saturated carbocycles. The topological polar surface area (TPSA) is 113 Å². The summed E-state index contributed by atoms with van der Waals surface area (Å²) < 4.78 is 0. The molecule has 0 spiro atoms. The van der Waals surface area contributed by atoms with E-state index in [0.717, 1.165) is 32.1 Å². The van der Waals surface area contributed by atoms with Crippen LogP contribution in [0.4, 0.5) is 11.8 Å². The van der Waals surface area contributed by atoms with E-state index in [1.54, 1.807) is 0 Å². The monoisotopic (exact) mass is 333 g/mol. The molecule has 2 atom stereocenters. The molecule has 1 aromatic rings. The van der Waals surface area contributed by atoms with Crippen molar-refractivity contribution in [3.63, 3.8) is 0 Å². The first-order valence-electron chi connectivity index (χ1n) is 8.70. The summed E-state index contributed by atoms with van der Waals surface area (Å²) in [6.45, 7) is 3.99. The van der Waals surface area contributed by atoms with Crippen molar-refractivity contribution in [2.75, 3.05) is 10.6 Å². The number of nitrogens with zero attached hydrogens (tertiary/aromatic N) is 2. The Bertz CT molecular complexity index is 627. The van der Waals surface area contributed by atoms with Gasteiger partial charge in [0.15, 0.2) is 0 Å². The normalized spacial score (nSPS) is 28.7. The van der Waals surface area contributed by atoms with E-state index >= 15 is 0 Å². The molecular formula is C17H27N5O2. The Morgan fingerprint density at radius 3 is 2.67 bits per heavy atom. The maximum absolute atomic E-state index is 11.7. The minimum Gasteiger partial charge on any atom is -0.390 e. The summed E-state index contributed by atoms with van der Waals surface area (Å²) in [5.41, 5.74) is 5.08. The molecular weight excluding hydrogens is 306 g/mol.